The van der Waals surface area contributed by atoms with Crippen LogP contribution in [0.3, 0.4) is 0 Å². The molecule has 0 bridgehead atoms. The van der Waals surface area contributed by atoms with Crippen molar-refractivity contribution >= 4 is 47.2 Å². The second-order valence-corrected chi connectivity index (χ2v) is 8.27. The van der Waals surface area contributed by atoms with Gasteiger partial charge >= 0.3 is 0 Å². The Morgan fingerprint density at radius 3 is 2.82 bits per heavy atom. The van der Waals surface area contributed by atoms with Gasteiger partial charge in [-0.05, 0) is 36.3 Å². The van der Waals surface area contributed by atoms with Gasteiger partial charge in [0.05, 0.1) is 19.3 Å². The first kappa shape index (κ1) is 23.4. The van der Waals surface area contributed by atoms with Crippen molar-refractivity contribution in [1.29, 1.82) is 0 Å². The summed E-state index contributed by atoms with van der Waals surface area (Å²) < 4.78 is 5.98. The minimum Gasteiger partial charge on any atom is -0.376 e. The van der Waals surface area contributed by atoms with E-state index in [4.69, 9.17) is 4.74 Å². The Morgan fingerprint density at radius 2 is 2.07 bits per heavy atom. The highest BCUT2D eigenvalue weighted by atomic mass is 127. The molecule has 2 heterocycles. The molecule has 2 N–H and O–H groups in total. The number of halogens is 1. The minimum atomic E-state index is 0. The Hall–Kier alpha value is -0.870. The molecule has 1 aliphatic carbocycles. The van der Waals surface area contributed by atoms with Gasteiger partial charge in [0.1, 0.15) is 0 Å². The molecule has 0 aromatic carbocycles. The van der Waals surface area contributed by atoms with Crippen LogP contribution in [0.1, 0.15) is 49.0 Å². The third kappa shape index (κ3) is 7.18. The Balaban J connectivity index is 0.00000280. The first-order valence-electron chi connectivity index (χ1n) is 10.2. The van der Waals surface area contributed by atoms with Crippen LogP contribution in [0.4, 0.5) is 0 Å². The molecule has 158 valence electrons. The topological polar surface area (TPSA) is 66.0 Å². The van der Waals surface area contributed by atoms with Crippen LogP contribution in [0.15, 0.2) is 16.4 Å². The molecule has 3 rings (SSSR count). The van der Waals surface area contributed by atoms with Crippen LogP contribution in [0.25, 0.3) is 0 Å². The van der Waals surface area contributed by atoms with Crippen molar-refractivity contribution in [1.82, 2.24) is 15.5 Å². The van der Waals surface area contributed by atoms with Crippen molar-refractivity contribution < 1.29 is 9.53 Å². The Bertz CT molecular complexity index is 629. The maximum atomic E-state index is 12.5. The van der Waals surface area contributed by atoms with Crippen molar-refractivity contribution in [2.45, 2.75) is 57.6 Å². The number of rotatable bonds is 6. The van der Waals surface area contributed by atoms with E-state index >= 15 is 0 Å². The van der Waals surface area contributed by atoms with Gasteiger partial charge in [-0.1, -0.05) is 25.7 Å². The number of thiophene rings is 1. The molecule has 0 radical (unpaired) electrons. The third-order valence-corrected chi connectivity index (χ3v) is 6.36. The van der Waals surface area contributed by atoms with Crippen LogP contribution in [0.5, 0.6) is 0 Å². The molecule has 1 aliphatic heterocycles. The molecule has 1 aromatic rings. The summed E-state index contributed by atoms with van der Waals surface area (Å²) in [6.45, 7) is 3.16. The standard InChI is InChI=1S/C20H32N4O2S.HI/c1-21-20(22-10-12-26-17-6-4-2-3-5-7-17)23-14-19(25)24-11-8-18-16(15-24)9-13-27-18;/h9,13,17H,2-8,10-12,14-15H2,1H3,(H2,21,22,23);1H. The second-order valence-electron chi connectivity index (χ2n) is 7.27. The fraction of sp³-hybridized carbons (Fsp3) is 0.700. The summed E-state index contributed by atoms with van der Waals surface area (Å²) >= 11 is 1.79. The van der Waals surface area contributed by atoms with Crippen molar-refractivity contribution in [3.05, 3.63) is 21.9 Å². The number of hydrogen-bond donors (Lipinski definition) is 2. The molecule has 6 nitrogen and oxygen atoms in total. The first-order chi connectivity index (χ1) is 13.3. The molecule has 0 saturated heterocycles. The number of amides is 1. The van der Waals surface area contributed by atoms with Crippen LogP contribution in [0.2, 0.25) is 0 Å². The van der Waals surface area contributed by atoms with Gasteiger partial charge in [0, 0.05) is 31.6 Å². The fourth-order valence-corrected chi connectivity index (χ4v) is 4.65. The molecule has 2 aliphatic rings. The highest BCUT2D eigenvalue weighted by molar-refractivity contribution is 14.0. The Labute approximate surface area is 189 Å². The number of aliphatic imine (C=N–C) groups is 1. The van der Waals surface area contributed by atoms with Crippen LogP contribution in [-0.4, -0.2) is 56.2 Å². The van der Waals surface area contributed by atoms with Gasteiger partial charge in [-0.25, -0.2) is 0 Å². The molecular weight excluding hydrogens is 487 g/mol. The molecule has 1 amide bonds. The quantitative estimate of drug-likeness (QED) is 0.199. The van der Waals surface area contributed by atoms with Crippen LogP contribution in [-0.2, 0) is 22.5 Å². The number of guanidine groups is 1. The monoisotopic (exact) mass is 520 g/mol. The summed E-state index contributed by atoms with van der Waals surface area (Å²) in [5, 5.41) is 8.48. The van der Waals surface area contributed by atoms with E-state index in [1.165, 1.54) is 49.0 Å². The highest BCUT2D eigenvalue weighted by Gasteiger charge is 2.21. The van der Waals surface area contributed by atoms with E-state index in [0.29, 0.717) is 25.2 Å². The predicted molar refractivity (Wildman–Crippen MR) is 126 cm³/mol. The normalized spacial score (nSPS) is 18.0. The van der Waals surface area contributed by atoms with Gasteiger partial charge in [0.2, 0.25) is 5.91 Å². The number of nitrogens with zero attached hydrogens (tertiary/aromatic N) is 2. The second kappa shape index (κ2) is 12.6. The predicted octanol–water partition coefficient (Wildman–Crippen LogP) is 3.16. The number of carbonyl (C=O) groups is 1. The maximum Gasteiger partial charge on any atom is 0.242 e. The summed E-state index contributed by atoms with van der Waals surface area (Å²) in [6, 6.07) is 2.13. The molecule has 1 saturated carbocycles. The van der Waals surface area contributed by atoms with E-state index in [0.717, 1.165) is 19.5 Å². The lowest BCUT2D eigenvalue weighted by Crippen LogP contribution is -2.46. The van der Waals surface area contributed by atoms with Crippen LogP contribution in [0, 0.1) is 0 Å². The summed E-state index contributed by atoms with van der Waals surface area (Å²) in [4.78, 5) is 20.0. The smallest absolute Gasteiger partial charge is 0.242 e. The molecular formula is C20H33IN4O2S. The lowest BCUT2D eigenvalue weighted by Gasteiger charge is -2.27. The van der Waals surface area contributed by atoms with Gasteiger partial charge in [-0.15, -0.1) is 35.3 Å². The highest BCUT2D eigenvalue weighted by Crippen LogP contribution is 2.23. The number of carbonyl (C=O) groups excluding carboxylic acids is 1. The van der Waals surface area contributed by atoms with Crippen molar-refractivity contribution in [3.63, 3.8) is 0 Å². The fourth-order valence-electron chi connectivity index (χ4n) is 3.76. The number of ether oxygens (including phenoxy) is 1. The summed E-state index contributed by atoms with van der Waals surface area (Å²) in [7, 11) is 1.73. The van der Waals surface area contributed by atoms with E-state index in [1.807, 2.05) is 4.90 Å². The van der Waals surface area contributed by atoms with Gasteiger partial charge in [-0.2, -0.15) is 0 Å². The van der Waals surface area contributed by atoms with E-state index < -0.39 is 0 Å². The third-order valence-electron chi connectivity index (χ3n) is 5.34. The summed E-state index contributed by atoms with van der Waals surface area (Å²) in [5.74, 6) is 0.769. The zero-order valence-corrected chi connectivity index (χ0v) is 19.9. The zero-order valence-electron chi connectivity index (χ0n) is 16.7. The molecule has 0 spiro atoms. The van der Waals surface area contributed by atoms with E-state index in [-0.39, 0.29) is 36.4 Å². The largest absolute Gasteiger partial charge is 0.376 e. The first-order valence-corrected chi connectivity index (χ1v) is 11.0. The van der Waals surface area contributed by atoms with E-state index in [2.05, 4.69) is 27.1 Å². The maximum absolute atomic E-state index is 12.5. The van der Waals surface area contributed by atoms with Gasteiger partial charge in [0.15, 0.2) is 5.96 Å². The van der Waals surface area contributed by atoms with Crippen LogP contribution >= 0.6 is 35.3 Å². The zero-order chi connectivity index (χ0) is 18.9. The van der Waals surface area contributed by atoms with Crippen molar-refractivity contribution in [2.24, 2.45) is 4.99 Å². The summed E-state index contributed by atoms with van der Waals surface area (Å²) in [6.07, 6.45) is 8.99. The van der Waals surface area contributed by atoms with Gasteiger partial charge in [0.25, 0.3) is 0 Å². The Kier molecular flexibility index (Phi) is 10.6. The van der Waals surface area contributed by atoms with Gasteiger partial charge in [-0.3, -0.25) is 9.79 Å². The van der Waals surface area contributed by atoms with E-state index in [9.17, 15) is 4.79 Å². The molecule has 1 aromatic heterocycles. The summed E-state index contributed by atoms with van der Waals surface area (Å²) in [5.41, 5.74) is 1.29. The molecule has 28 heavy (non-hydrogen) atoms. The lowest BCUT2D eigenvalue weighted by atomic mass is 10.1. The van der Waals surface area contributed by atoms with Crippen molar-refractivity contribution in [3.8, 4) is 0 Å². The van der Waals surface area contributed by atoms with Crippen LogP contribution < -0.4 is 10.6 Å². The Morgan fingerprint density at radius 1 is 1.29 bits per heavy atom. The average molecular weight is 520 g/mol. The van der Waals surface area contributed by atoms with Crippen molar-refractivity contribution in [2.75, 3.05) is 33.3 Å². The SMILES string of the molecule is CN=C(NCCOC1CCCCCC1)NCC(=O)N1CCc2sccc2C1.I. The van der Waals surface area contributed by atoms with E-state index in [1.54, 1.807) is 18.4 Å². The number of hydrogen-bond acceptors (Lipinski definition) is 4. The number of fused-ring (bicyclic) bond motifs is 1. The lowest BCUT2D eigenvalue weighted by molar-refractivity contribution is -0.130. The van der Waals surface area contributed by atoms with Gasteiger partial charge < -0.3 is 20.3 Å². The number of nitrogens with one attached hydrogen (secondary N) is 2. The molecule has 1 fully saturated rings. The average Bonchev–Trinajstić information content (AvgIpc) is 3.01. The molecule has 0 atom stereocenters. The molecule has 8 heteroatoms. The molecule has 0 unspecified atom stereocenters. The minimum absolute atomic E-state index is 0.